The molecule has 7 nitrogen and oxygen atoms in total. The molecule has 2 aliphatic rings. The lowest BCUT2D eigenvalue weighted by atomic mass is 10.0. The molecule has 0 radical (unpaired) electrons. The largest absolute Gasteiger partial charge is 0.348 e. The first-order chi connectivity index (χ1) is 11.0. The predicted octanol–water partition coefficient (Wildman–Crippen LogP) is 0.427. The Labute approximate surface area is 139 Å². The molecule has 2 amide bonds. The van der Waals surface area contributed by atoms with Gasteiger partial charge >= 0.3 is 0 Å². The van der Waals surface area contributed by atoms with Gasteiger partial charge in [-0.2, -0.15) is 0 Å². The zero-order valence-electron chi connectivity index (χ0n) is 13.5. The van der Waals surface area contributed by atoms with Crippen molar-refractivity contribution in [2.24, 2.45) is 0 Å². The highest BCUT2D eigenvalue weighted by atomic mass is 32.1. The summed E-state index contributed by atoms with van der Waals surface area (Å²) in [5.41, 5.74) is 0.505. The highest BCUT2D eigenvalue weighted by Gasteiger charge is 2.31. The summed E-state index contributed by atoms with van der Waals surface area (Å²) in [6.07, 6.45) is 2.18. The average Bonchev–Trinajstić information content (AvgIpc) is 2.94. The Morgan fingerprint density at radius 2 is 2.17 bits per heavy atom. The van der Waals surface area contributed by atoms with Crippen LogP contribution in [0.1, 0.15) is 41.7 Å². The third-order valence-corrected chi connectivity index (χ3v) is 5.09. The second-order valence-corrected chi connectivity index (χ2v) is 7.34. The third kappa shape index (κ3) is 4.07. The summed E-state index contributed by atoms with van der Waals surface area (Å²) < 4.78 is 0. The monoisotopic (exact) mass is 337 g/mol. The summed E-state index contributed by atoms with van der Waals surface area (Å²) in [5.74, 6) is 0.00101. The number of nitrogens with zero attached hydrogens (tertiary/aromatic N) is 2. The van der Waals surface area contributed by atoms with E-state index in [9.17, 15) is 9.59 Å². The van der Waals surface area contributed by atoms with Crippen LogP contribution >= 0.6 is 11.3 Å². The number of amides is 2. The summed E-state index contributed by atoms with van der Waals surface area (Å²) in [6.45, 7) is 5.60. The number of aryl methyl sites for hydroxylation is 1. The van der Waals surface area contributed by atoms with Crippen LogP contribution in [0.2, 0.25) is 0 Å². The molecule has 2 unspecified atom stereocenters. The van der Waals surface area contributed by atoms with Gasteiger partial charge in [-0.15, -0.1) is 11.3 Å². The van der Waals surface area contributed by atoms with Crippen molar-refractivity contribution in [2.45, 2.75) is 51.5 Å². The number of carbonyl (C=O) groups excluding carboxylic acids is 2. The van der Waals surface area contributed by atoms with Crippen LogP contribution in [0, 0.1) is 6.92 Å². The van der Waals surface area contributed by atoms with Crippen molar-refractivity contribution >= 4 is 23.2 Å². The van der Waals surface area contributed by atoms with E-state index in [0.717, 1.165) is 30.9 Å². The van der Waals surface area contributed by atoms with Crippen molar-refractivity contribution < 1.29 is 9.59 Å². The van der Waals surface area contributed by atoms with Crippen LogP contribution in [-0.2, 0) is 4.79 Å². The molecule has 3 rings (SSSR count). The lowest BCUT2D eigenvalue weighted by Gasteiger charge is -2.41. The van der Waals surface area contributed by atoms with E-state index in [2.05, 4.69) is 25.8 Å². The molecule has 8 heteroatoms. The smallest absolute Gasteiger partial charge is 0.270 e. The van der Waals surface area contributed by atoms with Crippen molar-refractivity contribution in [1.29, 1.82) is 0 Å². The number of nitrogens with one attached hydrogen (secondary N) is 3. The first kappa shape index (κ1) is 16.4. The van der Waals surface area contributed by atoms with Crippen LogP contribution < -0.4 is 16.0 Å². The second kappa shape index (κ2) is 6.94. The average molecular weight is 337 g/mol. The molecule has 0 spiro atoms. The number of thiazole rings is 1. The molecule has 0 aromatic carbocycles. The van der Waals surface area contributed by atoms with Crippen LogP contribution in [0.15, 0.2) is 5.38 Å². The van der Waals surface area contributed by atoms with E-state index in [1.807, 2.05) is 13.8 Å². The van der Waals surface area contributed by atoms with Crippen molar-refractivity contribution in [2.75, 3.05) is 13.1 Å². The van der Waals surface area contributed by atoms with Gasteiger partial charge in [0.1, 0.15) is 12.0 Å². The van der Waals surface area contributed by atoms with E-state index < -0.39 is 0 Å². The van der Waals surface area contributed by atoms with Gasteiger partial charge < -0.3 is 10.6 Å². The minimum Gasteiger partial charge on any atom is -0.348 e. The summed E-state index contributed by atoms with van der Waals surface area (Å²) in [6, 6.07) is 0.358. The maximum absolute atomic E-state index is 12.1. The van der Waals surface area contributed by atoms with Crippen molar-refractivity contribution in [3.8, 4) is 0 Å². The number of carbonyl (C=O) groups is 2. The van der Waals surface area contributed by atoms with Crippen molar-refractivity contribution in [1.82, 2.24) is 25.8 Å². The molecule has 0 aliphatic carbocycles. The Morgan fingerprint density at radius 1 is 1.43 bits per heavy atom. The number of rotatable bonds is 3. The molecule has 126 valence electrons. The Balaban J connectivity index is 1.48. The number of piperidine rings is 1. The minimum atomic E-state index is -0.0934. The van der Waals surface area contributed by atoms with E-state index in [-0.39, 0.29) is 30.2 Å². The fourth-order valence-corrected chi connectivity index (χ4v) is 3.68. The summed E-state index contributed by atoms with van der Waals surface area (Å²) in [7, 11) is 0. The molecular weight excluding hydrogens is 314 g/mol. The standard InChI is InChI=1S/C15H23N5O2S/c1-9-7-13(21)19-15(16-9)20-5-3-11(4-6-20)18-14(22)12-8-23-10(2)17-12/h8-9,11,15-16H,3-7H2,1-2H3,(H,18,22)(H,19,21). The highest BCUT2D eigenvalue weighted by Crippen LogP contribution is 2.15. The molecule has 2 saturated heterocycles. The Morgan fingerprint density at radius 3 is 2.78 bits per heavy atom. The van der Waals surface area contributed by atoms with Gasteiger partial charge in [0.25, 0.3) is 5.91 Å². The van der Waals surface area contributed by atoms with Gasteiger partial charge in [0.05, 0.1) is 5.01 Å². The lowest BCUT2D eigenvalue weighted by molar-refractivity contribution is -0.127. The molecule has 2 atom stereocenters. The second-order valence-electron chi connectivity index (χ2n) is 6.28. The molecule has 3 heterocycles. The van der Waals surface area contributed by atoms with Gasteiger partial charge in [-0.1, -0.05) is 0 Å². The van der Waals surface area contributed by atoms with Crippen LogP contribution in [-0.4, -0.2) is 53.2 Å². The van der Waals surface area contributed by atoms with Crippen molar-refractivity contribution in [3.63, 3.8) is 0 Å². The van der Waals surface area contributed by atoms with E-state index in [4.69, 9.17) is 0 Å². The molecule has 1 aromatic heterocycles. The third-order valence-electron chi connectivity index (χ3n) is 4.31. The predicted molar refractivity (Wildman–Crippen MR) is 88.1 cm³/mol. The van der Waals surface area contributed by atoms with Gasteiger partial charge in [0, 0.05) is 37.0 Å². The Hall–Kier alpha value is -1.51. The summed E-state index contributed by atoms with van der Waals surface area (Å²) in [5, 5.41) is 12.1. The first-order valence-electron chi connectivity index (χ1n) is 8.03. The molecule has 2 fully saturated rings. The Bertz CT molecular complexity index is 582. The fraction of sp³-hybridized carbons (Fsp3) is 0.667. The number of aromatic nitrogens is 1. The van der Waals surface area contributed by atoms with Crippen LogP contribution in [0.3, 0.4) is 0 Å². The lowest BCUT2D eigenvalue weighted by Crippen LogP contribution is -2.65. The molecule has 0 saturated carbocycles. The van der Waals surface area contributed by atoms with E-state index in [1.54, 1.807) is 5.38 Å². The summed E-state index contributed by atoms with van der Waals surface area (Å²) in [4.78, 5) is 30.2. The van der Waals surface area contributed by atoms with Crippen LogP contribution in [0.5, 0.6) is 0 Å². The maximum atomic E-state index is 12.1. The zero-order chi connectivity index (χ0) is 16.4. The van der Waals surface area contributed by atoms with Gasteiger partial charge in [-0.25, -0.2) is 4.98 Å². The fourth-order valence-electron chi connectivity index (χ4n) is 3.09. The minimum absolute atomic E-state index is 0.0921. The van der Waals surface area contributed by atoms with E-state index in [1.165, 1.54) is 11.3 Å². The van der Waals surface area contributed by atoms with E-state index >= 15 is 0 Å². The molecule has 2 aliphatic heterocycles. The van der Waals surface area contributed by atoms with Gasteiger partial charge in [0.2, 0.25) is 5.91 Å². The van der Waals surface area contributed by atoms with Gasteiger partial charge in [0.15, 0.2) is 0 Å². The molecule has 1 aromatic rings. The molecule has 0 bridgehead atoms. The highest BCUT2D eigenvalue weighted by molar-refractivity contribution is 7.09. The van der Waals surface area contributed by atoms with Crippen molar-refractivity contribution in [3.05, 3.63) is 16.1 Å². The molecular formula is C15H23N5O2S. The number of hydrogen-bond donors (Lipinski definition) is 3. The SMILES string of the molecule is Cc1nc(C(=O)NC2CCN(C3NC(=O)CC(C)N3)CC2)cs1. The normalized spacial score (nSPS) is 26.8. The van der Waals surface area contributed by atoms with Crippen LogP contribution in [0.25, 0.3) is 0 Å². The topological polar surface area (TPSA) is 86.4 Å². The van der Waals surface area contributed by atoms with Gasteiger partial charge in [-0.05, 0) is 26.7 Å². The number of likely N-dealkylation sites (tertiary alicyclic amines) is 1. The number of hydrogen-bond acceptors (Lipinski definition) is 6. The van der Waals surface area contributed by atoms with Crippen LogP contribution in [0.4, 0.5) is 0 Å². The quantitative estimate of drug-likeness (QED) is 0.745. The van der Waals surface area contributed by atoms with Gasteiger partial charge in [-0.3, -0.25) is 19.8 Å². The van der Waals surface area contributed by atoms with E-state index in [0.29, 0.717) is 12.1 Å². The molecule has 3 N–H and O–H groups in total. The Kier molecular flexibility index (Phi) is 4.93. The first-order valence-corrected chi connectivity index (χ1v) is 8.91. The maximum Gasteiger partial charge on any atom is 0.270 e. The summed E-state index contributed by atoms with van der Waals surface area (Å²) >= 11 is 1.49. The zero-order valence-corrected chi connectivity index (χ0v) is 14.3. The molecule has 23 heavy (non-hydrogen) atoms.